The largest absolute Gasteiger partial charge is 0.478 e. The second-order valence-corrected chi connectivity index (χ2v) is 9.06. The van der Waals surface area contributed by atoms with Crippen molar-refractivity contribution < 1.29 is 43.2 Å². The Hall–Kier alpha value is -3.39. The number of carbonyl (C=O) groups excluding carboxylic acids is 1. The highest BCUT2D eigenvalue weighted by atomic mass is 31.2. The molecule has 0 bridgehead atoms. The van der Waals surface area contributed by atoms with E-state index in [2.05, 4.69) is 19.7 Å². The highest BCUT2D eigenvalue weighted by molar-refractivity contribution is 7.56. The Kier molecular flexibility index (Phi) is 10.1. The summed E-state index contributed by atoms with van der Waals surface area (Å²) in [6.07, 6.45) is 4.68. The number of hydrogen-bond acceptors (Lipinski definition) is 11. The van der Waals surface area contributed by atoms with Gasteiger partial charge in [0.1, 0.15) is 24.7 Å². The number of esters is 1. The summed E-state index contributed by atoms with van der Waals surface area (Å²) in [7, 11) is -1.92. The van der Waals surface area contributed by atoms with Crippen LogP contribution in [-0.4, -0.2) is 92.1 Å². The number of nitrogens with zero attached hydrogens (tertiary/aromatic N) is 5. The Morgan fingerprint density at radius 1 is 1.24 bits per heavy atom. The van der Waals surface area contributed by atoms with Gasteiger partial charge in [-0.1, -0.05) is 0 Å². The molecule has 4 N–H and O–H groups in total. The predicted octanol–water partition coefficient (Wildman–Crippen LogP) is 0.183. The molecular weight excluding hydrogens is 475 g/mol. The smallest absolute Gasteiger partial charge is 0.328 e. The molecule has 15 nitrogen and oxygen atoms in total. The van der Waals surface area contributed by atoms with E-state index in [0.717, 1.165) is 0 Å². The minimum Gasteiger partial charge on any atom is -0.478 e. The highest BCUT2D eigenvalue weighted by Crippen LogP contribution is 2.52. The molecular formula is C18H25N6O9P. The molecule has 1 atom stereocenters. The summed E-state index contributed by atoms with van der Waals surface area (Å²) in [5.41, 5.74) is 6.88. The van der Waals surface area contributed by atoms with Crippen LogP contribution in [0.1, 0.15) is 6.42 Å². The van der Waals surface area contributed by atoms with Gasteiger partial charge in [0.15, 0.2) is 11.5 Å². The van der Waals surface area contributed by atoms with Gasteiger partial charge in [-0.2, -0.15) is 0 Å². The fourth-order valence-electron chi connectivity index (χ4n) is 2.76. The predicted molar refractivity (Wildman–Crippen MR) is 117 cm³/mol. The maximum atomic E-state index is 12.9. The van der Waals surface area contributed by atoms with Gasteiger partial charge in [-0.25, -0.2) is 29.2 Å². The van der Waals surface area contributed by atoms with Crippen molar-refractivity contribution in [2.24, 2.45) is 0 Å². The summed E-state index contributed by atoms with van der Waals surface area (Å²) in [5, 5.41) is 15.6. The first-order valence-electron chi connectivity index (χ1n) is 9.85. The number of fused-ring (bicyclic) bond motifs is 1. The van der Waals surface area contributed by atoms with Gasteiger partial charge in [-0.3, -0.25) is 9.36 Å². The lowest BCUT2D eigenvalue weighted by Gasteiger charge is -2.33. The number of ether oxygens (including phenoxy) is 2. The van der Waals surface area contributed by atoms with Crippen LogP contribution in [0.2, 0.25) is 0 Å². The van der Waals surface area contributed by atoms with Gasteiger partial charge in [0.05, 0.1) is 26.7 Å². The molecule has 2 aromatic rings. The van der Waals surface area contributed by atoms with Crippen LogP contribution in [0.4, 0.5) is 5.82 Å². The third-order valence-electron chi connectivity index (χ3n) is 4.35. The second kappa shape index (κ2) is 12.7. The molecule has 0 radical (unpaired) electrons. The van der Waals surface area contributed by atoms with Crippen LogP contribution >= 0.6 is 7.52 Å². The molecule has 1 aliphatic heterocycles. The molecule has 0 aliphatic carbocycles. The van der Waals surface area contributed by atoms with E-state index in [4.69, 9.17) is 25.2 Å². The lowest BCUT2D eigenvalue weighted by Crippen LogP contribution is -2.35. The van der Waals surface area contributed by atoms with E-state index >= 15 is 0 Å². The van der Waals surface area contributed by atoms with E-state index in [1.807, 2.05) is 0 Å². The Bertz CT molecular complexity index is 1070. The number of methoxy groups -OCH3 is 1. The number of carboxylic acids is 2. The third-order valence-corrected chi connectivity index (χ3v) is 6.65. The monoisotopic (exact) mass is 500 g/mol. The van der Waals surface area contributed by atoms with E-state index in [1.165, 1.54) is 18.1 Å². The SMILES string of the molecule is COC(=O)CN1CCCOP1(=O)COCCn1cnc2c(N)ncnc21.O=C(O)/C=C/C(=O)O. The quantitative estimate of drug-likeness (QED) is 0.182. The van der Waals surface area contributed by atoms with E-state index in [1.54, 1.807) is 10.9 Å². The summed E-state index contributed by atoms with van der Waals surface area (Å²) in [5.74, 6) is -2.66. The van der Waals surface area contributed by atoms with Crippen LogP contribution in [0.15, 0.2) is 24.8 Å². The molecule has 1 fully saturated rings. The van der Waals surface area contributed by atoms with Crippen LogP contribution in [0.25, 0.3) is 11.2 Å². The van der Waals surface area contributed by atoms with Crippen molar-refractivity contribution >= 4 is 42.4 Å². The average Bonchev–Trinajstić information content (AvgIpc) is 3.22. The molecule has 1 aliphatic rings. The molecule has 2 aromatic heterocycles. The second-order valence-electron chi connectivity index (χ2n) is 6.70. The van der Waals surface area contributed by atoms with Gasteiger partial charge < -0.3 is 34.5 Å². The first kappa shape index (κ1) is 26.9. The van der Waals surface area contributed by atoms with Crippen molar-refractivity contribution in [2.45, 2.75) is 13.0 Å². The first-order chi connectivity index (χ1) is 16.2. The molecule has 0 amide bonds. The Labute approximate surface area is 193 Å². The van der Waals surface area contributed by atoms with E-state index in [-0.39, 0.29) is 19.5 Å². The standard InChI is InChI=1S/C14H21N6O5P.C4H4O4/c1-23-11(21)7-20-3-2-5-25-26(20,22)10-24-6-4-19-9-18-12-13(15)16-8-17-14(12)19;5-3(6)1-2-4(7)8/h8-9H,2-7,10H2,1H3,(H2,15,16,17);1-2H,(H,5,6)(H,7,8)/b;2-1+. The lowest BCUT2D eigenvalue weighted by molar-refractivity contribution is -0.141. The van der Waals surface area contributed by atoms with Crippen molar-refractivity contribution in [1.82, 2.24) is 24.2 Å². The number of rotatable bonds is 9. The van der Waals surface area contributed by atoms with Gasteiger partial charge in [-0.05, 0) is 6.42 Å². The van der Waals surface area contributed by atoms with Gasteiger partial charge in [0.25, 0.3) is 7.52 Å². The number of aromatic nitrogens is 4. The molecule has 34 heavy (non-hydrogen) atoms. The lowest BCUT2D eigenvalue weighted by atomic mass is 10.4. The maximum absolute atomic E-state index is 12.9. The fourth-order valence-corrected chi connectivity index (χ4v) is 4.71. The van der Waals surface area contributed by atoms with E-state index < -0.39 is 25.4 Å². The number of carbonyl (C=O) groups is 3. The molecule has 186 valence electrons. The summed E-state index contributed by atoms with van der Waals surface area (Å²) < 4.78 is 31.9. The normalized spacial score (nSPS) is 18.4. The highest BCUT2D eigenvalue weighted by Gasteiger charge is 2.36. The Balaban J connectivity index is 0.000000440. The van der Waals surface area contributed by atoms with Gasteiger partial charge >= 0.3 is 17.9 Å². The van der Waals surface area contributed by atoms with Crippen molar-refractivity contribution in [2.75, 3.05) is 45.5 Å². The first-order valence-corrected chi connectivity index (χ1v) is 11.6. The number of nitrogen functional groups attached to an aromatic ring is 1. The zero-order valence-corrected chi connectivity index (χ0v) is 19.2. The number of imidazole rings is 1. The van der Waals surface area contributed by atoms with Crippen LogP contribution in [0.5, 0.6) is 0 Å². The number of anilines is 1. The maximum Gasteiger partial charge on any atom is 0.328 e. The van der Waals surface area contributed by atoms with Crippen molar-refractivity contribution in [1.29, 1.82) is 0 Å². The molecule has 1 unspecified atom stereocenters. The van der Waals surface area contributed by atoms with Gasteiger partial charge in [-0.15, -0.1) is 0 Å². The molecule has 3 heterocycles. The molecule has 0 aromatic carbocycles. The minimum atomic E-state index is -3.21. The molecule has 0 spiro atoms. The summed E-state index contributed by atoms with van der Waals surface area (Å²) in [6, 6.07) is 0. The van der Waals surface area contributed by atoms with Crippen LogP contribution < -0.4 is 5.73 Å². The summed E-state index contributed by atoms with van der Waals surface area (Å²) >= 11 is 0. The zero-order valence-electron chi connectivity index (χ0n) is 18.3. The fraction of sp³-hybridized carbons (Fsp3) is 0.444. The van der Waals surface area contributed by atoms with Gasteiger partial charge in [0.2, 0.25) is 0 Å². The average molecular weight is 500 g/mol. The molecule has 3 rings (SSSR count). The Morgan fingerprint density at radius 2 is 1.94 bits per heavy atom. The number of aliphatic carboxylic acids is 2. The van der Waals surface area contributed by atoms with Crippen LogP contribution in [0, 0.1) is 0 Å². The van der Waals surface area contributed by atoms with Crippen LogP contribution in [-0.2, 0) is 39.5 Å². The topological polar surface area (TPSA) is 209 Å². The van der Waals surface area contributed by atoms with Crippen molar-refractivity contribution in [3.63, 3.8) is 0 Å². The zero-order chi connectivity index (χ0) is 25.1. The number of hydrogen-bond donors (Lipinski definition) is 3. The number of carboxylic acid groups (broad SMARTS) is 2. The van der Waals surface area contributed by atoms with Gasteiger partial charge in [0, 0.05) is 25.2 Å². The Morgan fingerprint density at radius 3 is 2.59 bits per heavy atom. The van der Waals surface area contributed by atoms with E-state index in [0.29, 0.717) is 55.3 Å². The minimum absolute atomic E-state index is 0.0838. The molecule has 0 saturated carbocycles. The summed E-state index contributed by atoms with van der Waals surface area (Å²) in [6.45, 7) is 1.51. The van der Waals surface area contributed by atoms with Crippen molar-refractivity contribution in [3.05, 3.63) is 24.8 Å². The van der Waals surface area contributed by atoms with Crippen LogP contribution in [0.3, 0.4) is 0 Å². The third kappa shape index (κ3) is 7.88. The van der Waals surface area contributed by atoms with Crippen molar-refractivity contribution in [3.8, 4) is 0 Å². The molecule has 16 heteroatoms. The van der Waals surface area contributed by atoms with E-state index in [9.17, 15) is 18.9 Å². The summed E-state index contributed by atoms with van der Waals surface area (Å²) in [4.78, 5) is 42.8. The number of nitrogens with two attached hydrogens (primary N) is 1. The molecule has 1 saturated heterocycles.